The largest absolute Gasteiger partial charge is 0.330 e. The molecule has 1 aromatic heterocycles. The molecule has 0 unspecified atom stereocenters. The predicted molar refractivity (Wildman–Crippen MR) is 99.8 cm³/mol. The van der Waals surface area contributed by atoms with Crippen molar-refractivity contribution in [3.8, 4) is 11.3 Å². The molecule has 0 amide bonds. The molecule has 1 saturated carbocycles. The van der Waals surface area contributed by atoms with E-state index in [-0.39, 0.29) is 0 Å². The van der Waals surface area contributed by atoms with E-state index in [1.54, 1.807) is 0 Å². The van der Waals surface area contributed by atoms with Crippen LogP contribution in [-0.2, 0) is 0 Å². The monoisotopic (exact) mass is 315 g/mol. The van der Waals surface area contributed by atoms with Gasteiger partial charge in [0.25, 0.3) is 0 Å². The first-order valence-electron chi connectivity index (χ1n) is 8.91. The van der Waals surface area contributed by atoms with Gasteiger partial charge in [-0.05, 0) is 67.8 Å². The number of pyridine rings is 1. The van der Waals surface area contributed by atoms with E-state index in [0.29, 0.717) is 11.8 Å². The Balaban J connectivity index is 1.80. The molecule has 3 aromatic rings. The highest BCUT2D eigenvalue weighted by molar-refractivity contribution is 5.83. The molecular weight excluding hydrogens is 292 g/mol. The maximum Gasteiger partial charge on any atom is 0.0744 e. The summed E-state index contributed by atoms with van der Waals surface area (Å²) < 4.78 is 0. The molecule has 4 rings (SSSR count). The Morgan fingerprint density at radius 3 is 2.58 bits per heavy atom. The summed E-state index contributed by atoms with van der Waals surface area (Å²) in [5.74, 6) is 1.29. The number of nitrogens with two attached hydrogens (primary N) is 1. The first-order valence-corrected chi connectivity index (χ1v) is 8.91. The van der Waals surface area contributed by atoms with Crippen LogP contribution in [0.1, 0.15) is 37.2 Å². The van der Waals surface area contributed by atoms with Crippen molar-refractivity contribution >= 4 is 10.9 Å². The third-order valence-electron chi connectivity index (χ3n) is 5.36. The van der Waals surface area contributed by atoms with Crippen molar-refractivity contribution in [1.29, 1.82) is 0 Å². The van der Waals surface area contributed by atoms with Crippen LogP contribution in [0.4, 0.5) is 0 Å². The number of hydrogen-bond donors (Lipinski definition) is 1. The molecule has 24 heavy (non-hydrogen) atoms. The Bertz CT molecular complexity index is 818. The summed E-state index contributed by atoms with van der Waals surface area (Å²) in [4.78, 5) is 5.00. The summed E-state index contributed by atoms with van der Waals surface area (Å²) in [6.07, 6.45) is 4.90. The average Bonchev–Trinajstić information content (AvgIpc) is 2.68. The Labute approximate surface area is 143 Å². The molecule has 2 nitrogen and oxygen atoms in total. The Kier molecular flexibility index (Phi) is 4.31. The second-order valence-corrected chi connectivity index (χ2v) is 6.86. The quantitative estimate of drug-likeness (QED) is 0.744. The number of benzene rings is 2. The van der Waals surface area contributed by atoms with Crippen molar-refractivity contribution in [2.45, 2.75) is 31.6 Å². The molecule has 0 aliphatic heterocycles. The molecule has 2 aromatic carbocycles. The van der Waals surface area contributed by atoms with Crippen LogP contribution in [0.2, 0.25) is 0 Å². The molecule has 1 heterocycles. The van der Waals surface area contributed by atoms with E-state index in [1.807, 2.05) is 12.1 Å². The number of nitrogens with zero attached hydrogens (tertiary/aromatic N) is 1. The maximum atomic E-state index is 5.87. The van der Waals surface area contributed by atoms with Crippen molar-refractivity contribution in [2.75, 3.05) is 6.54 Å². The third kappa shape index (κ3) is 2.94. The van der Waals surface area contributed by atoms with Gasteiger partial charge in [0.15, 0.2) is 0 Å². The zero-order valence-corrected chi connectivity index (χ0v) is 13.9. The zero-order valence-electron chi connectivity index (χ0n) is 13.9. The average molecular weight is 315 g/mol. The van der Waals surface area contributed by atoms with Crippen LogP contribution in [0.3, 0.4) is 0 Å². The summed E-state index contributed by atoms with van der Waals surface area (Å²) in [7, 11) is 0. The molecule has 121 valence electrons. The fourth-order valence-electron chi connectivity index (χ4n) is 3.92. The fourth-order valence-corrected chi connectivity index (χ4v) is 3.92. The molecular formula is C22H23N2. The van der Waals surface area contributed by atoms with Gasteiger partial charge in [-0.25, -0.2) is 4.98 Å². The molecule has 1 aliphatic carbocycles. The lowest BCUT2D eigenvalue weighted by atomic mass is 9.77. The number of fused-ring (bicyclic) bond motifs is 1. The fraction of sp³-hybridized carbons (Fsp3) is 0.318. The van der Waals surface area contributed by atoms with Crippen LogP contribution in [0.25, 0.3) is 22.2 Å². The van der Waals surface area contributed by atoms with Gasteiger partial charge < -0.3 is 5.73 Å². The van der Waals surface area contributed by atoms with Gasteiger partial charge in [-0.1, -0.05) is 42.5 Å². The van der Waals surface area contributed by atoms with Crippen molar-refractivity contribution in [3.05, 3.63) is 66.2 Å². The normalized spacial score (nSPS) is 21.0. The number of aromatic nitrogens is 1. The van der Waals surface area contributed by atoms with E-state index in [0.717, 1.165) is 17.8 Å². The van der Waals surface area contributed by atoms with Gasteiger partial charge >= 0.3 is 0 Å². The number of rotatable bonds is 3. The van der Waals surface area contributed by atoms with Crippen molar-refractivity contribution in [3.63, 3.8) is 0 Å². The summed E-state index contributed by atoms with van der Waals surface area (Å²) in [6.45, 7) is 0.823. The predicted octanol–water partition coefficient (Wildman–Crippen LogP) is 4.93. The van der Waals surface area contributed by atoms with Crippen LogP contribution >= 0.6 is 0 Å². The van der Waals surface area contributed by atoms with Gasteiger partial charge in [-0.3, -0.25) is 0 Å². The SMILES string of the molecule is NCC1CCC(c2cc3cc[c]cc3nc2-c2ccccc2)CC1. The van der Waals surface area contributed by atoms with E-state index in [2.05, 4.69) is 48.5 Å². The lowest BCUT2D eigenvalue weighted by Gasteiger charge is -2.29. The molecule has 1 aliphatic rings. The molecule has 0 saturated heterocycles. The van der Waals surface area contributed by atoms with E-state index in [4.69, 9.17) is 10.7 Å². The van der Waals surface area contributed by atoms with Crippen LogP contribution < -0.4 is 5.73 Å². The molecule has 2 heteroatoms. The highest BCUT2D eigenvalue weighted by Gasteiger charge is 2.24. The molecule has 2 N–H and O–H groups in total. The Morgan fingerprint density at radius 2 is 1.83 bits per heavy atom. The van der Waals surface area contributed by atoms with Gasteiger partial charge in [-0.2, -0.15) is 0 Å². The number of hydrogen-bond acceptors (Lipinski definition) is 2. The van der Waals surface area contributed by atoms with Crippen molar-refractivity contribution < 1.29 is 0 Å². The van der Waals surface area contributed by atoms with E-state index >= 15 is 0 Å². The minimum atomic E-state index is 0.587. The van der Waals surface area contributed by atoms with Gasteiger partial charge in [0.2, 0.25) is 0 Å². The minimum absolute atomic E-state index is 0.587. The summed E-state index contributed by atoms with van der Waals surface area (Å²) in [5.41, 5.74) is 10.6. The molecule has 1 radical (unpaired) electrons. The molecule has 0 bridgehead atoms. The molecule has 0 atom stereocenters. The van der Waals surface area contributed by atoms with Gasteiger partial charge in [0, 0.05) is 10.9 Å². The highest BCUT2D eigenvalue weighted by Crippen LogP contribution is 2.40. The third-order valence-corrected chi connectivity index (χ3v) is 5.36. The molecule has 0 spiro atoms. The Hall–Kier alpha value is -2.19. The molecule has 1 fully saturated rings. The first-order chi connectivity index (χ1) is 11.8. The summed E-state index contributed by atoms with van der Waals surface area (Å²) >= 11 is 0. The zero-order chi connectivity index (χ0) is 16.4. The maximum absolute atomic E-state index is 5.87. The lowest BCUT2D eigenvalue weighted by molar-refractivity contribution is 0.333. The van der Waals surface area contributed by atoms with E-state index in [1.165, 1.54) is 42.2 Å². The standard InChI is InChI=1S/C22H23N2/c23-15-16-10-12-17(13-11-16)20-14-19-8-4-5-9-21(19)24-22(20)18-6-2-1-3-7-18/h1-4,6-9,14,16-17H,10-13,15,23H2. The van der Waals surface area contributed by atoms with Crippen LogP contribution in [-0.4, -0.2) is 11.5 Å². The van der Waals surface area contributed by atoms with E-state index < -0.39 is 0 Å². The van der Waals surface area contributed by atoms with Gasteiger partial charge in [0.1, 0.15) is 0 Å². The second kappa shape index (κ2) is 6.74. The smallest absolute Gasteiger partial charge is 0.0744 e. The van der Waals surface area contributed by atoms with E-state index in [9.17, 15) is 0 Å². The van der Waals surface area contributed by atoms with Gasteiger partial charge in [0.05, 0.1) is 11.2 Å². The summed E-state index contributed by atoms with van der Waals surface area (Å²) in [6, 6.07) is 22.1. The van der Waals surface area contributed by atoms with Gasteiger partial charge in [-0.15, -0.1) is 0 Å². The van der Waals surface area contributed by atoms with Crippen molar-refractivity contribution in [1.82, 2.24) is 4.98 Å². The topological polar surface area (TPSA) is 38.9 Å². The minimum Gasteiger partial charge on any atom is -0.330 e. The van der Waals surface area contributed by atoms with Crippen LogP contribution in [0.5, 0.6) is 0 Å². The van der Waals surface area contributed by atoms with Crippen molar-refractivity contribution in [2.24, 2.45) is 11.7 Å². The highest BCUT2D eigenvalue weighted by atomic mass is 14.7. The second-order valence-electron chi connectivity index (χ2n) is 6.86. The van der Waals surface area contributed by atoms with Crippen LogP contribution in [0, 0.1) is 12.0 Å². The first kappa shape index (κ1) is 15.3. The summed E-state index contributed by atoms with van der Waals surface area (Å²) in [5, 5.41) is 1.21. The van der Waals surface area contributed by atoms with Crippen LogP contribution in [0.15, 0.2) is 54.6 Å². The lowest BCUT2D eigenvalue weighted by Crippen LogP contribution is -2.21. The Morgan fingerprint density at radius 1 is 1.04 bits per heavy atom.